The van der Waals surface area contributed by atoms with Crippen LogP contribution in [0, 0.1) is 5.82 Å². The van der Waals surface area contributed by atoms with Gasteiger partial charge in [-0.1, -0.05) is 0 Å². The van der Waals surface area contributed by atoms with Gasteiger partial charge >= 0.3 is 0 Å². The molecule has 2 atom stereocenters. The lowest BCUT2D eigenvalue weighted by Gasteiger charge is -2.32. The number of halogens is 1. The van der Waals surface area contributed by atoms with Crippen LogP contribution in [0.25, 0.3) is 0 Å². The van der Waals surface area contributed by atoms with Crippen LogP contribution in [0.1, 0.15) is 18.0 Å². The highest BCUT2D eigenvalue weighted by Gasteiger charge is 2.28. The first-order valence-electron chi connectivity index (χ1n) is 7.04. The van der Waals surface area contributed by atoms with E-state index in [9.17, 15) is 9.18 Å². The minimum absolute atomic E-state index is 0.0187. The molecule has 3 rings (SSSR count). The zero-order chi connectivity index (χ0) is 14.7. The maximum atomic E-state index is 12.9. The van der Waals surface area contributed by atoms with Crippen molar-refractivity contribution in [2.24, 2.45) is 0 Å². The molecular formula is C16H17FN2O2. The van der Waals surface area contributed by atoms with Gasteiger partial charge in [-0.2, -0.15) is 0 Å². The van der Waals surface area contributed by atoms with Gasteiger partial charge in [-0.3, -0.25) is 4.79 Å². The molecule has 1 saturated heterocycles. The lowest BCUT2D eigenvalue weighted by Crippen LogP contribution is -2.42. The summed E-state index contributed by atoms with van der Waals surface area (Å²) in [6.45, 7) is 1.60. The van der Waals surface area contributed by atoms with Crippen molar-refractivity contribution in [2.75, 3.05) is 13.1 Å². The molecule has 2 unspecified atom stereocenters. The Morgan fingerprint density at radius 2 is 2.00 bits per heavy atom. The number of aromatic amines is 1. The Morgan fingerprint density at radius 3 is 2.76 bits per heavy atom. The lowest BCUT2D eigenvalue weighted by molar-refractivity contribution is 0.136. The average Bonchev–Trinajstić information content (AvgIpc) is 2.50. The molecule has 5 heteroatoms. The van der Waals surface area contributed by atoms with Gasteiger partial charge in [0.15, 0.2) is 5.43 Å². The highest BCUT2D eigenvalue weighted by atomic mass is 19.1. The maximum Gasteiger partial charge on any atom is 0.181 e. The first-order valence-corrected chi connectivity index (χ1v) is 7.04. The zero-order valence-corrected chi connectivity index (χ0v) is 11.5. The van der Waals surface area contributed by atoms with Gasteiger partial charge in [-0.25, -0.2) is 4.39 Å². The van der Waals surface area contributed by atoms with Crippen molar-refractivity contribution in [1.29, 1.82) is 0 Å². The van der Waals surface area contributed by atoms with Crippen molar-refractivity contribution in [2.45, 2.75) is 18.4 Å². The molecule has 1 fully saturated rings. The van der Waals surface area contributed by atoms with E-state index in [1.165, 1.54) is 18.2 Å². The van der Waals surface area contributed by atoms with Crippen LogP contribution in [0.2, 0.25) is 0 Å². The van der Waals surface area contributed by atoms with Gasteiger partial charge < -0.3 is 15.0 Å². The third kappa shape index (κ3) is 3.31. The molecule has 110 valence electrons. The topological polar surface area (TPSA) is 54.1 Å². The molecule has 2 heterocycles. The Kier molecular flexibility index (Phi) is 4.01. The van der Waals surface area contributed by atoms with E-state index in [4.69, 9.17) is 4.74 Å². The van der Waals surface area contributed by atoms with Crippen LogP contribution in [-0.2, 0) is 0 Å². The van der Waals surface area contributed by atoms with Gasteiger partial charge in [-0.05, 0) is 37.2 Å². The number of hydrogen-bond acceptors (Lipinski definition) is 3. The van der Waals surface area contributed by atoms with Crippen LogP contribution in [0.15, 0.2) is 47.4 Å². The minimum Gasteiger partial charge on any atom is -0.490 e. The highest BCUT2D eigenvalue weighted by molar-refractivity contribution is 5.23. The molecule has 4 nitrogen and oxygen atoms in total. The molecule has 0 amide bonds. The highest BCUT2D eigenvalue weighted by Crippen LogP contribution is 2.26. The van der Waals surface area contributed by atoms with Crippen LogP contribution in [0.4, 0.5) is 4.39 Å². The summed E-state index contributed by atoms with van der Waals surface area (Å²) in [5, 5.41) is 3.32. The number of benzene rings is 1. The van der Waals surface area contributed by atoms with Crippen molar-refractivity contribution in [1.82, 2.24) is 10.3 Å². The standard InChI is InChI=1S/C16H17FN2O2/c17-11-1-3-13(4-2-11)21-16-6-7-18-10-14(16)15-9-12(20)5-8-19-15/h1-5,8-9,14,16,18H,6-7,10H2,(H,19,20). The maximum absolute atomic E-state index is 12.9. The van der Waals surface area contributed by atoms with Gasteiger partial charge in [0.25, 0.3) is 0 Å². The van der Waals surface area contributed by atoms with Gasteiger partial charge in [0, 0.05) is 36.5 Å². The lowest BCUT2D eigenvalue weighted by atomic mass is 9.92. The fourth-order valence-corrected chi connectivity index (χ4v) is 2.65. The van der Waals surface area contributed by atoms with E-state index in [-0.39, 0.29) is 23.3 Å². The zero-order valence-electron chi connectivity index (χ0n) is 11.5. The van der Waals surface area contributed by atoms with E-state index in [0.717, 1.165) is 25.2 Å². The Bertz CT molecular complexity index is 654. The molecule has 0 spiro atoms. The van der Waals surface area contributed by atoms with Crippen LogP contribution in [0.5, 0.6) is 5.75 Å². The summed E-state index contributed by atoms with van der Waals surface area (Å²) in [6.07, 6.45) is 2.44. The van der Waals surface area contributed by atoms with E-state index in [1.54, 1.807) is 24.4 Å². The van der Waals surface area contributed by atoms with Crippen LogP contribution in [-0.4, -0.2) is 24.2 Å². The van der Waals surface area contributed by atoms with E-state index >= 15 is 0 Å². The molecule has 0 bridgehead atoms. The predicted molar refractivity (Wildman–Crippen MR) is 78.1 cm³/mol. The van der Waals surface area contributed by atoms with Gasteiger partial charge in [0.2, 0.25) is 0 Å². The number of ether oxygens (including phenoxy) is 1. The summed E-state index contributed by atoms with van der Waals surface area (Å²) in [5.41, 5.74) is 0.844. The summed E-state index contributed by atoms with van der Waals surface area (Å²) in [4.78, 5) is 14.6. The minimum atomic E-state index is -0.281. The monoisotopic (exact) mass is 288 g/mol. The molecule has 21 heavy (non-hydrogen) atoms. The number of pyridine rings is 1. The smallest absolute Gasteiger partial charge is 0.181 e. The second-order valence-electron chi connectivity index (χ2n) is 5.19. The summed E-state index contributed by atoms with van der Waals surface area (Å²) in [5.74, 6) is 0.431. The molecule has 1 aliphatic rings. The number of nitrogens with one attached hydrogen (secondary N) is 2. The SMILES string of the molecule is O=c1cc[nH]c(C2CNCCC2Oc2ccc(F)cc2)c1. The number of hydrogen-bond donors (Lipinski definition) is 2. The van der Waals surface area contributed by atoms with Crippen LogP contribution >= 0.6 is 0 Å². The Labute approximate surface area is 122 Å². The van der Waals surface area contributed by atoms with Crippen molar-refractivity contribution in [3.8, 4) is 5.75 Å². The van der Waals surface area contributed by atoms with Gasteiger partial charge in [-0.15, -0.1) is 0 Å². The molecule has 0 radical (unpaired) electrons. The Balaban J connectivity index is 1.81. The van der Waals surface area contributed by atoms with Gasteiger partial charge in [0.05, 0.1) is 0 Å². The second kappa shape index (κ2) is 6.10. The molecular weight excluding hydrogens is 271 g/mol. The Hall–Kier alpha value is -2.14. The van der Waals surface area contributed by atoms with Crippen LogP contribution < -0.4 is 15.5 Å². The van der Waals surface area contributed by atoms with E-state index in [2.05, 4.69) is 10.3 Å². The summed E-state index contributed by atoms with van der Waals surface area (Å²) in [7, 11) is 0. The van der Waals surface area contributed by atoms with Crippen LogP contribution in [0.3, 0.4) is 0 Å². The van der Waals surface area contributed by atoms with Crippen molar-refractivity contribution in [3.05, 3.63) is 64.3 Å². The number of H-pyrrole nitrogens is 1. The van der Waals surface area contributed by atoms with Gasteiger partial charge in [0.1, 0.15) is 17.7 Å². The largest absolute Gasteiger partial charge is 0.490 e. The number of piperidine rings is 1. The molecule has 1 aromatic carbocycles. The molecule has 1 aromatic heterocycles. The van der Waals surface area contributed by atoms with E-state index < -0.39 is 0 Å². The first-order chi connectivity index (χ1) is 10.2. The molecule has 2 N–H and O–H groups in total. The summed E-state index contributed by atoms with van der Waals surface area (Å²) in [6, 6.07) is 9.13. The van der Waals surface area contributed by atoms with Crippen molar-refractivity contribution in [3.63, 3.8) is 0 Å². The molecule has 0 saturated carbocycles. The van der Waals surface area contributed by atoms with E-state index in [1.807, 2.05) is 0 Å². The summed E-state index contributed by atoms with van der Waals surface area (Å²) >= 11 is 0. The third-order valence-corrected chi connectivity index (χ3v) is 3.71. The average molecular weight is 288 g/mol. The predicted octanol–water partition coefficient (Wildman–Crippen LogP) is 2.04. The first kappa shape index (κ1) is 13.8. The Morgan fingerprint density at radius 1 is 1.19 bits per heavy atom. The second-order valence-corrected chi connectivity index (χ2v) is 5.19. The van der Waals surface area contributed by atoms with E-state index in [0.29, 0.717) is 5.75 Å². The number of rotatable bonds is 3. The summed E-state index contributed by atoms with van der Waals surface area (Å²) < 4.78 is 18.9. The molecule has 2 aromatic rings. The molecule has 1 aliphatic heterocycles. The van der Waals surface area contributed by atoms with Crippen molar-refractivity contribution < 1.29 is 9.13 Å². The third-order valence-electron chi connectivity index (χ3n) is 3.71. The fourth-order valence-electron chi connectivity index (χ4n) is 2.65. The molecule has 0 aliphatic carbocycles. The fraction of sp³-hybridized carbons (Fsp3) is 0.312. The number of aromatic nitrogens is 1. The van der Waals surface area contributed by atoms with Crippen molar-refractivity contribution >= 4 is 0 Å². The normalized spacial score (nSPS) is 22.0. The quantitative estimate of drug-likeness (QED) is 0.908.